The molecule has 3 aromatic carbocycles. The third kappa shape index (κ3) is 5.15. The second-order valence-electron chi connectivity index (χ2n) is 7.57. The zero-order chi connectivity index (χ0) is 20.6. The van der Waals surface area contributed by atoms with E-state index in [4.69, 9.17) is 4.74 Å². The number of nitrogens with zero attached hydrogens (tertiary/aromatic N) is 2. The molecule has 0 bridgehead atoms. The SMILES string of the molecule is O=C(c1ccccc1)N1CCN(CCOC(c2ccccc2)c2ccccc2)CC1. The first-order valence-corrected chi connectivity index (χ1v) is 10.6. The normalized spacial score (nSPS) is 14.8. The fraction of sp³-hybridized carbons (Fsp3) is 0.269. The van der Waals surface area contributed by atoms with Crippen molar-refractivity contribution in [1.82, 2.24) is 9.80 Å². The molecule has 0 spiro atoms. The molecular weight excluding hydrogens is 372 g/mol. The Morgan fingerprint density at radius 2 is 1.23 bits per heavy atom. The van der Waals surface area contributed by atoms with Crippen LogP contribution in [-0.4, -0.2) is 55.0 Å². The lowest BCUT2D eigenvalue weighted by atomic mass is 10.0. The van der Waals surface area contributed by atoms with Crippen LogP contribution in [0.2, 0.25) is 0 Å². The number of hydrogen-bond acceptors (Lipinski definition) is 3. The average Bonchev–Trinajstić information content (AvgIpc) is 2.83. The van der Waals surface area contributed by atoms with Crippen LogP contribution in [0.5, 0.6) is 0 Å². The molecule has 0 aliphatic carbocycles. The quantitative estimate of drug-likeness (QED) is 0.594. The van der Waals surface area contributed by atoms with Gasteiger partial charge < -0.3 is 9.64 Å². The Balaban J connectivity index is 1.29. The van der Waals surface area contributed by atoms with Crippen molar-refractivity contribution in [2.75, 3.05) is 39.3 Å². The van der Waals surface area contributed by atoms with E-state index in [-0.39, 0.29) is 12.0 Å². The van der Waals surface area contributed by atoms with Crippen LogP contribution >= 0.6 is 0 Å². The molecule has 1 amide bonds. The number of ether oxygens (including phenoxy) is 1. The molecule has 3 aromatic rings. The molecule has 0 radical (unpaired) electrons. The molecule has 4 heteroatoms. The van der Waals surface area contributed by atoms with Crippen LogP contribution < -0.4 is 0 Å². The van der Waals surface area contributed by atoms with Gasteiger partial charge in [-0.2, -0.15) is 0 Å². The summed E-state index contributed by atoms with van der Waals surface area (Å²) in [5.41, 5.74) is 3.10. The Morgan fingerprint density at radius 3 is 1.77 bits per heavy atom. The minimum absolute atomic E-state index is 0.0617. The maximum Gasteiger partial charge on any atom is 0.253 e. The van der Waals surface area contributed by atoms with E-state index >= 15 is 0 Å². The number of carbonyl (C=O) groups is 1. The summed E-state index contributed by atoms with van der Waals surface area (Å²) in [5.74, 6) is 0.125. The van der Waals surface area contributed by atoms with Crippen molar-refractivity contribution < 1.29 is 9.53 Å². The van der Waals surface area contributed by atoms with Crippen molar-refractivity contribution in [3.05, 3.63) is 108 Å². The first-order valence-electron chi connectivity index (χ1n) is 10.6. The van der Waals surface area contributed by atoms with E-state index in [9.17, 15) is 4.79 Å². The molecule has 0 aromatic heterocycles. The average molecular weight is 401 g/mol. The summed E-state index contributed by atoms with van der Waals surface area (Å²) in [4.78, 5) is 16.9. The predicted octanol–water partition coefficient (Wildman–Crippen LogP) is 4.25. The molecule has 1 aliphatic rings. The van der Waals surface area contributed by atoms with E-state index in [1.807, 2.05) is 47.4 Å². The van der Waals surface area contributed by atoms with E-state index in [0.29, 0.717) is 6.61 Å². The molecule has 30 heavy (non-hydrogen) atoms. The number of hydrogen-bond donors (Lipinski definition) is 0. The molecule has 0 saturated carbocycles. The lowest BCUT2D eigenvalue weighted by molar-refractivity contribution is 0.0409. The highest BCUT2D eigenvalue weighted by atomic mass is 16.5. The van der Waals surface area contributed by atoms with Crippen molar-refractivity contribution in [2.45, 2.75) is 6.10 Å². The van der Waals surface area contributed by atoms with E-state index in [2.05, 4.69) is 53.4 Å². The molecule has 1 aliphatic heterocycles. The summed E-state index contributed by atoms with van der Waals surface area (Å²) in [7, 11) is 0. The van der Waals surface area contributed by atoms with Crippen LogP contribution in [0.15, 0.2) is 91.0 Å². The highest BCUT2D eigenvalue weighted by Crippen LogP contribution is 2.25. The smallest absolute Gasteiger partial charge is 0.253 e. The van der Waals surface area contributed by atoms with Crippen LogP contribution in [-0.2, 0) is 4.74 Å². The van der Waals surface area contributed by atoms with Gasteiger partial charge in [-0.05, 0) is 23.3 Å². The second-order valence-corrected chi connectivity index (χ2v) is 7.57. The summed E-state index contributed by atoms with van der Waals surface area (Å²) in [6.07, 6.45) is -0.0617. The largest absolute Gasteiger partial charge is 0.367 e. The van der Waals surface area contributed by atoms with E-state index < -0.39 is 0 Å². The van der Waals surface area contributed by atoms with E-state index in [1.165, 1.54) is 11.1 Å². The molecule has 154 valence electrons. The zero-order valence-electron chi connectivity index (χ0n) is 17.2. The number of piperazine rings is 1. The summed E-state index contributed by atoms with van der Waals surface area (Å²) in [6, 6.07) is 30.3. The number of amides is 1. The molecule has 4 rings (SSSR count). The Hall–Kier alpha value is -2.95. The first-order chi connectivity index (χ1) is 14.8. The molecule has 0 atom stereocenters. The molecule has 4 nitrogen and oxygen atoms in total. The third-order valence-corrected chi connectivity index (χ3v) is 5.58. The van der Waals surface area contributed by atoms with Crippen molar-refractivity contribution >= 4 is 5.91 Å². The molecule has 0 N–H and O–H groups in total. The fourth-order valence-corrected chi connectivity index (χ4v) is 3.88. The number of rotatable bonds is 7. The molecule has 1 fully saturated rings. The van der Waals surface area contributed by atoms with Gasteiger partial charge in [-0.25, -0.2) is 0 Å². The fourth-order valence-electron chi connectivity index (χ4n) is 3.88. The van der Waals surface area contributed by atoms with Crippen molar-refractivity contribution in [3.8, 4) is 0 Å². The summed E-state index contributed by atoms with van der Waals surface area (Å²) >= 11 is 0. The molecule has 1 heterocycles. The van der Waals surface area contributed by atoms with E-state index in [0.717, 1.165) is 38.3 Å². The van der Waals surface area contributed by atoms with Gasteiger partial charge in [0.1, 0.15) is 6.10 Å². The van der Waals surface area contributed by atoms with Gasteiger partial charge in [0.15, 0.2) is 0 Å². The Bertz CT molecular complexity index is 868. The number of benzene rings is 3. The Labute approximate surface area is 178 Å². The van der Waals surface area contributed by atoms with Gasteiger partial charge in [0.2, 0.25) is 0 Å². The minimum Gasteiger partial charge on any atom is -0.367 e. The van der Waals surface area contributed by atoms with Crippen molar-refractivity contribution in [3.63, 3.8) is 0 Å². The number of carbonyl (C=O) groups excluding carboxylic acids is 1. The topological polar surface area (TPSA) is 32.8 Å². The van der Waals surface area contributed by atoms with Gasteiger partial charge in [-0.3, -0.25) is 9.69 Å². The summed E-state index contributed by atoms with van der Waals surface area (Å²) < 4.78 is 6.34. The third-order valence-electron chi connectivity index (χ3n) is 5.58. The Morgan fingerprint density at radius 1 is 0.733 bits per heavy atom. The molecular formula is C26H28N2O2. The van der Waals surface area contributed by atoms with Gasteiger partial charge in [0, 0.05) is 38.3 Å². The lowest BCUT2D eigenvalue weighted by Gasteiger charge is -2.35. The maximum absolute atomic E-state index is 12.6. The highest BCUT2D eigenvalue weighted by molar-refractivity contribution is 5.94. The molecule has 0 unspecified atom stereocenters. The van der Waals surface area contributed by atoms with Crippen LogP contribution in [0.1, 0.15) is 27.6 Å². The molecule has 1 saturated heterocycles. The summed E-state index contributed by atoms with van der Waals surface area (Å²) in [6.45, 7) is 4.79. The van der Waals surface area contributed by atoms with Gasteiger partial charge in [-0.1, -0.05) is 78.9 Å². The minimum atomic E-state index is -0.0617. The standard InChI is InChI=1S/C26H28N2O2/c29-26(24-14-8-3-9-15-24)28-18-16-27(17-19-28)20-21-30-25(22-10-4-1-5-11-22)23-12-6-2-7-13-23/h1-15,25H,16-21H2. The van der Waals surface area contributed by atoms with Crippen LogP contribution in [0.25, 0.3) is 0 Å². The zero-order valence-corrected chi connectivity index (χ0v) is 17.2. The second kappa shape index (κ2) is 10.2. The van der Waals surface area contributed by atoms with Gasteiger partial charge in [0.05, 0.1) is 6.61 Å². The van der Waals surface area contributed by atoms with Crippen LogP contribution in [0.4, 0.5) is 0 Å². The van der Waals surface area contributed by atoms with Gasteiger partial charge >= 0.3 is 0 Å². The van der Waals surface area contributed by atoms with Crippen LogP contribution in [0, 0.1) is 0 Å². The van der Waals surface area contributed by atoms with Gasteiger partial charge in [-0.15, -0.1) is 0 Å². The highest BCUT2D eigenvalue weighted by Gasteiger charge is 2.22. The lowest BCUT2D eigenvalue weighted by Crippen LogP contribution is -2.49. The van der Waals surface area contributed by atoms with Crippen molar-refractivity contribution in [2.24, 2.45) is 0 Å². The Kier molecular flexibility index (Phi) is 6.91. The monoisotopic (exact) mass is 400 g/mol. The predicted molar refractivity (Wildman–Crippen MR) is 119 cm³/mol. The van der Waals surface area contributed by atoms with Crippen LogP contribution in [0.3, 0.4) is 0 Å². The first kappa shape index (κ1) is 20.3. The van der Waals surface area contributed by atoms with Crippen molar-refractivity contribution in [1.29, 1.82) is 0 Å². The summed E-state index contributed by atoms with van der Waals surface area (Å²) in [5, 5.41) is 0. The van der Waals surface area contributed by atoms with E-state index in [1.54, 1.807) is 0 Å². The maximum atomic E-state index is 12.6. The van der Waals surface area contributed by atoms with Gasteiger partial charge in [0.25, 0.3) is 5.91 Å².